The number of nitrogens with zero attached hydrogens (tertiary/aromatic N) is 2. The van der Waals surface area contributed by atoms with E-state index < -0.39 is 0 Å². The summed E-state index contributed by atoms with van der Waals surface area (Å²) in [5, 5.41) is 0. The van der Waals surface area contributed by atoms with Crippen molar-refractivity contribution < 1.29 is 4.54 Å². The number of hydrogen-bond acceptors (Lipinski definition) is 1. The van der Waals surface area contributed by atoms with Gasteiger partial charge in [-0.3, -0.25) is 0 Å². The predicted molar refractivity (Wildman–Crippen MR) is 44.9 cm³/mol. The van der Waals surface area contributed by atoms with E-state index in [1.54, 1.807) is 13.2 Å². The Morgan fingerprint density at radius 1 is 1.45 bits per heavy atom. The Kier molecular flexibility index (Phi) is 4.18. The molecule has 0 saturated heterocycles. The fourth-order valence-corrected chi connectivity index (χ4v) is 0.599. The van der Waals surface area contributed by atoms with Crippen molar-refractivity contribution in [2.24, 2.45) is 7.05 Å². The van der Waals surface area contributed by atoms with Crippen LogP contribution in [-0.4, -0.2) is 4.68 Å². The van der Waals surface area contributed by atoms with Gasteiger partial charge in [-0.2, -0.15) is 0 Å². The molecule has 3 nitrogen and oxygen atoms in total. The average Bonchev–Trinajstić information content (AvgIpc) is 2.02. The maximum Gasteiger partial charge on any atom is 0.260 e. The molecule has 0 aliphatic heterocycles. The molecule has 0 radical (unpaired) electrons. The van der Waals surface area contributed by atoms with Gasteiger partial charge in [-0.1, -0.05) is 13.8 Å². The van der Waals surface area contributed by atoms with Gasteiger partial charge in [-0.25, -0.2) is 0 Å². The van der Waals surface area contributed by atoms with E-state index in [4.69, 9.17) is 0 Å². The molecule has 0 saturated carbocycles. The summed E-state index contributed by atoms with van der Waals surface area (Å²) in [6, 6.07) is 1.88. The number of hydrogen-bond donors (Lipinski definition) is 0. The first-order valence-electron chi connectivity index (χ1n) is 3.76. The maximum absolute atomic E-state index is 10.7. The lowest BCUT2D eigenvalue weighted by Crippen LogP contribution is -2.27. The second-order valence-electron chi connectivity index (χ2n) is 2.07. The highest BCUT2D eigenvalue weighted by molar-refractivity contribution is 4.98. The molecule has 0 amide bonds. The molecular weight excluding hydrogens is 140 g/mol. The van der Waals surface area contributed by atoms with Crippen molar-refractivity contribution in [1.29, 1.82) is 0 Å². The molecule has 0 aliphatic carbocycles. The third kappa shape index (κ3) is 2.98. The molecule has 11 heavy (non-hydrogen) atoms. The Hall–Kier alpha value is -1.12. The van der Waals surface area contributed by atoms with Crippen LogP contribution in [0.2, 0.25) is 0 Å². The zero-order valence-electron chi connectivity index (χ0n) is 7.53. The molecule has 0 unspecified atom stereocenters. The zero-order chi connectivity index (χ0) is 8.85. The summed E-state index contributed by atoms with van der Waals surface area (Å²) in [6.45, 7) is 5.88. The van der Waals surface area contributed by atoms with Crippen molar-refractivity contribution >= 4 is 0 Å². The Balaban J connectivity index is 0.000000461. The summed E-state index contributed by atoms with van der Waals surface area (Å²) >= 11 is 0. The van der Waals surface area contributed by atoms with Crippen molar-refractivity contribution in [2.75, 3.05) is 0 Å². The van der Waals surface area contributed by atoms with Gasteiger partial charge in [0.05, 0.1) is 18.2 Å². The van der Waals surface area contributed by atoms with Gasteiger partial charge in [0.15, 0.2) is 4.54 Å². The normalized spacial score (nSPS) is 8.36. The van der Waals surface area contributed by atoms with E-state index in [1.807, 2.05) is 26.8 Å². The fourth-order valence-electron chi connectivity index (χ4n) is 0.599. The minimum absolute atomic E-state index is 0.787. The van der Waals surface area contributed by atoms with Gasteiger partial charge in [0.25, 0.3) is 6.20 Å². The first-order valence-corrected chi connectivity index (χ1v) is 3.76. The lowest BCUT2D eigenvalue weighted by Gasteiger charge is -1.84. The van der Waals surface area contributed by atoms with Crippen LogP contribution in [0.3, 0.4) is 0 Å². The Bertz CT molecular complexity index is 265. The van der Waals surface area contributed by atoms with Crippen molar-refractivity contribution in [3.63, 3.8) is 0 Å². The van der Waals surface area contributed by atoms with Gasteiger partial charge < -0.3 is 0 Å². The van der Waals surface area contributed by atoms with Crippen LogP contribution in [0.4, 0.5) is 0 Å². The topological polar surface area (TPSA) is 27.9 Å². The SMILES string of the molecule is CC.Cc1ccn(C)[n+](=O)c1. The quantitative estimate of drug-likeness (QED) is 0.518. The molecule has 62 valence electrons. The highest BCUT2D eigenvalue weighted by Crippen LogP contribution is 1.85. The molecule has 0 bridgehead atoms. The summed E-state index contributed by atoms with van der Waals surface area (Å²) in [5.74, 6) is 0. The minimum Gasteiger partial charge on any atom is -0.113 e. The summed E-state index contributed by atoms with van der Waals surface area (Å²) in [7, 11) is 1.70. The van der Waals surface area contributed by atoms with Crippen molar-refractivity contribution in [3.8, 4) is 0 Å². The van der Waals surface area contributed by atoms with Gasteiger partial charge in [0, 0.05) is 5.56 Å². The van der Waals surface area contributed by atoms with Gasteiger partial charge in [0.1, 0.15) is 0 Å². The van der Waals surface area contributed by atoms with Crippen LogP contribution in [0.15, 0.2) is 18.5 Å². The van der Waals surface area contributed by atoms with E-state index in [2.05, 4.69) is 0 Å². The number of rotatable bonds is 0. The first kappa shape index (κ1) is 9.88. The molecule has 1 rings (SSSR count). The largest absolute Gasteiger partial charge is 0.260 e. The third-order valence-corrected chi connectivity index (χ3v) is 1.18. The molecule has 0 aliphatic rings. The van der Waals surface area contributed by atoms with Crippen molar-refractivity contribution in [2.45, 2.75) is 20.8 Å². The predicted octanol–water partition coefficient (Wildman–Crippen LogP) is 1.27. The molecule has 1 aromatic rings. The summed E-state index contributed by atoms with van der Waals surface area (Å²) in [4.78, 5) is 10.7. The molecule has 3 heteroatoms. The Labute approximate surface area is 66.9 Å². The summed E-state index contributed by atoms with van der Waals surface area (Å²) in [5.41, 5.74) is 0.975. The van der Waals surface area contributed by atoms with Gasteiger partial charge >= 0.3 is 0 Å². The van der Waals surface area contributed by atoms with Crippen LogP contribution in [0.1, 0.15) is 19.4 Å². The highest BCUT2D eigenvalue weighted by atomic mass is 16.3. The smallest absolute Gasteiger partial charge is 0.113 e. The number of aryl methyl sites for hydroxylation is 2. The zero-order valence-corrected chi connectivity index (χ0v) is 7.53. The van der Waals surface area contributed by atoms with E-state index in [0.29, 0.717) is 0 Å². The summed E-state index contributed by atoms with van der Waals surface area (Å²) < 4.78 is 2.25. The van der Waals surface area contributed by atoms with Crippen LogP contribution in [0.5, 0.6) is 0 Å². The van der Waals surface area contributed by atoms with Gasteiger partial charge in [-0.05, 0) is 13.0 Å². The van der Waals surface area contributed by atoms with Crippen molar-refractivity contribution in [1.82, 2.24) is 4.68 Å². The fraction of sp³-hybridized carbons (Fsp3) is 0.500. The third-order valence-electron chi connectivity index (χ3n) is 1.18. The second kappa shape index (κ2) is 4.66. The molecule has 1 aromatic heterocycles. The summed E-state index contributed by atoms with van der Waals surface area (Å²) in [6.07, 6.45) is 3.25. The van der Waals surface area contributed by atoms with Crippen LogP contribution in [0.25, 0.3) is 0 Å². The minimum atomic E-state index is 0.787. The van der Waals surface area contributed by atoms with Crippen LogP contribution in [-0.2, 0) is 7.05 Å². The molecule has 0 fully saturated rings. The second-order valence-corrected chi connectivity index (χ2v) is 2.07. The van der Waals surface area contributed by atoms with Crippen molar-refractivity contribution in [3.05, 3.63) is 28.9 Å². The standard InChI is InChI=1S/C6H9N2O.C2H6/c1-6-3-4-7(2)8(9)5-6;1-2/h3-5H,1-2H3;1-2H3/q+1;. The molecule has 0 spiro atoms. The molecule has 0 aromatic carbocycles. The van der Waals surface area contributed by atoms with E-state index in [9.17, 15) is 4.91 Å². The monoisotopic (exact) mass is 155 g/mol. The van der Waals surface area contributed by atoms with Gasteiger partial charge in [-0.15, -0.1) is 4.68 Å². The van der Waals surface area contributed by atoms with Crippen LogP contribution in [0, 0.1) is 11.8 Å². The lowest BCUT2D eigenvalue weighted by atomic mass is 10.4. The highest BCUT2D eigenvalue weighted by Gasteiger charge is 1.94. The number of aromatic nitrogens is 2. The first-order chi connectivity index (χ1) is 5.20. The van der Waals surface area contributed by atoms with Gasteiger partial charge in [0.2, 0.25) is 0 Å². The van der Waals surface area contributed by atoms with Crippen LogP contribution >= 0.6 is 0 Å². The average molecular weight is 155 g/mol. The molecule has 1 heterocycles. The maximum atomic E-state index is 10.7. The van der Waals surface area contributed by atoms with E-state index in [0.717, 1.165) is 10.1 Å². The van der Waals surface area contributed by atoms with E-state index >= 15 is 0 Å². The Morgan fingerprint density at radius 3 is 2.36 bits per heavy atom. The lowest BCUT2D eigenvalue weighted by molar-refractivity contribution is -0.595. The molecular formula is C8H15N2O+. The Morgan fingerprint density at radius 2 is 2.00 bits per heavy atom. The van der Waals surface area contributed by atoms with E-state index in [-0.39, 0.29) is 0 Å². The van der Waals surface area contributed by atoms with Crippen LogP contribution < -0.4 is 4.54 Å². The molecule has 0 N–H and O–H groups in total. The molecule has 0 atom stereocenters. The van der Waals surface area contributed by atoms with E-state index in [1.165, 1.54) is 10.9 Å².